The first-order valence-electron chi connectivity index (χ1n) is 6.93. The Hall–Kier alpha value is -1.35. The van der Waals surface area contributed by atoms with Crippen molar-refractivity contribution in [3.8, 4) is 0 Å². The second-order valence-corrected chi connectivity index (χ2v) is 5.69. The van der Waals surface area contributed by atoms with Gasteiger partial charge in [0.2, 0.25) is 17.7 Å². The fourth-order valence-electron chi connectivity index (χ4n) is 3.36. The van der Waals surface area contributed by atoms with Crippen molar-refractivity contribution in [3.63, 3.8) is 0 Å². The summed E-state index contributed by atoms with van der Waals surface area (Å²) in [5.74, 6) is -1.59. The van der Waals surface area contributed by atoms with E-state index in [0.717, 1.165) is 32.2 Å². The van der Waals surface area contributed by atoms with E-state index in [4.69, 9.17) is 0 Å². The van der Waals surface area contributed by atoms with Crippen molar-refractivity contribution >= 4 is 24.3 Å². The van der Waals surface area contributed by atoms with Gasteiger partial charge in [0.15, 0.2) is 0 Å². The van der Waals surface area contributed by atoms with Crippen LogP contribution < -0.4 is 10.6 Å². The van der Waals surface area contributed by atoms with E-state index in [1.807, 2.05) is 0 Å². The number of amides is 1. The fourth-order valence-corrected chi connectivity index (χ4v) is 3.36. The zero-order chi connectivity index (χ0) is 15.1. The van der Waals surface area contributed by atoms with Gasteiger partial charge in [-0.05, 0) is 25.3 Å². The third kappa shape index (κ3) is 2.91. The van der Waals surface area contributed by atoms with E-state index in [0.29, 0.717) is 6.54 Å². The van der Waals surface area contributed by atoms with Gasteiger partial charge in [-0.2, -0.15) is 18.2 Å². The highest BCUT2D eigenvalue weighted by Gasteiger charge is 2.50. The number of alkyl halides is 3. The molecule has 1 aliphatic heterocycles. The average molecular weight is 340 g/mol. The summed E-state index contributed by atoms with van der Waals surface area (Å²) in [5, 5.41) is 10.9. The number of fused-ring (bicyclic) bond motifs is 1. The number of carbonyl (C=O) groups is 1. The van der Waals surface area contributed by atoms with Crippen molar-refractivity contribution in [3.05, 3.63) is 5.82 Å². The standard InChI is InChI=1S/C12H16F3N5O.ClH/c13-12(14,15)8-17-10(20-19-8)18-9(21)11-4-2-1-3-7(11)5-16-6-11;/h7,16H,1-6H2,(H2,17,18,19,20,21);1H/t7-,11+;/m0./s1. The summed E-state index contributed by atoms with van der Waals surface area (Å²) in [6.45, 7) is 1.33. The van der Waals surface area contributed by atoms with Crippen LogP contribution in [0.25, 0.3) is 0 Å². The SMILES string of the molecule is Cl.O=C(Nc1n[nH]c(C(F)(F)F)n1)[C@@]12CCCC[C@H]1CNC2. The van der Waals surface area contributed by atoms with Gasteiger partial charge in [0.05, 0.1) is 5.41 Å². The summed E-state index contributed by atoms with van der Waals surface area (Å²) in [7, 11) is 0. The molecular formula is C12H17ClF3N5O. The summed E-state index contributed by atoms with van der Waals surface area (Å²) in [5.41, 5.74) is -0.544. The Kier molecular flexibility index (Phi) is 4.67. The van der Waals surface area contributed by atoms with Gasteiger partial charge in [-0.25, -0.2) is 0 Å². The Labute approximate surface area is 131 Å². The van der Waals surface area contributed by atoms with E-state index in [1.165, 1.54) is 0 Å². The van der Waals surface area contributed by atoms with Gasteiger partial charge in [0.25, 0.3) is 0 Å². The first kappa shape index (κ1) is 17.0. The van der Waals surface area contributed by atoms with E-state index < -0.39 is 17.4 Å². The van der Waals surface area contributed by atoms with Gasteiger partial charge in [-0.1, -0.05) is 12.8 Å². The molecule has 1 saturated heterocycles. The Morgan fingerprint density at radius 3 is 2.82 bits per heavy atom. The highest BCUT2D eigenvalue weighted by atomic mass is 35.5. The molecule has 2 atom stereocenters. The largest absolute Gasteiger partial charge is 0.451 e. The number of hydrogen-bond acceptors (Lipinski definition) is 4. The lowest BCUT2D eigenvalue weighted by molar-refractivity contribution is -0.144. The zero-order valence-electron chi connectivity index (χ0n) is 11.7. The minimum absolute atomic E-state index is 0. The molecule has 1 amide bonds. The lowest BCUT2D eigenvalue weighted by atomic mass is 9.67. The quantitative estimate of drug-likeness (QED) is 0.769. The van der Waals surface area contributed by atoms with Gasteiger partial charge in [0.1, 0.15) is 0 Å². The van der Waals surface area contributed by atoms with E-state index in [2.05, 4.69) is 20.7 Å². The smallest absolute Gasteiger partial charge is 0.315 e. The molecule has 3 rings (SSSR count). The lowest BCUT2D eigenvalue weighted by Gasteiger charge is -2.36. The van der Waals surface area contributed by atoms with E-state index >= 15 is 0 Å². The molecule has 0 bridgehead atoms. The van der Waals surface area contributed by atoms with Crippen LogP contribution in [-0.4, -0.2) is 34.2 Å². The zero-order valence-corrected chi connectivity index (χ0v) is 12.5. The van der Waals surface area contributed by atoms with Crippen molar-refractivity contribution in [1.82, 2.24) is 20.5 Å². The molecule has 1 aromatic heterocycles. The molecule has 10 heteroatoms. The maximum atomic E-state index is 12.5. The molecule has 22 heavy (non-hydrogen) atoms. The average Bonchev–Trinajstić information content (AvgIpc) is 3.04. The van der Waals surface area contributed by atoms with Crippen LogP contribution in [-0.2, 0) is 11.0 Å². The monoisotopic (exact) mass is 339 g/mol. The molecular weight excluding hydrogens is 323 g/mol. The van der Waals surface area contributed by atoms with Gasteiger partial charge < -0.3 is 5.32 Å². The molecule has 1 aliphatic carbocycles. The molecule has 2 heterocycles. The van der Waals surface area contributed by atoms with Crippen LogP contribution in [0.2, 0.25) is 0 Å². The first-order chi connectivity index (χ1) is 9.92. The maximum Gasteiger partial charge on any atom is 0.451 e. The minimum Gasteiger partial charge on any atom is -0.315 e. The Morgan fingerprint density at radius 1 is 1.36 bits per heavy atom. The second-order valence-electron chi connectivity index (χ2n) is 5.69. The van der Waals surface area contributed by atoms with Gasteiger partial charge in [-0.3, -0.25) is 15.2 Å². The number of aromatic amines is 1. The summed E-state index contributed by atoms with van der Waals surface area (Å²) >= 11 is 0. The van der Waals surface area contributed by atoms with Crippen molar-refractivity contribution in [1.29, 1.82) is 0 Å². The summed E-state index contributed by atoms with van der Waals surface area (Å²) in [6, 6.07) is 0. The maximum absolute atomic E-state index is 12.5. The molecule has 0 aromatic carbocycles. The molecule has 2 fully saturated rings. The predicted octanol–water partition coefficient (Wildman–Crippen LogP) is 1.96. The number of rotatable bonds is 2. The molecule has 1 saturated carbocycles. The summed E-state index contributed by atoms with van der Waals surface area (Å²) in [6.07, 6.45) is -0.862. The molecule has 2 aliphatic rings. The molecule has 0 unspecified atom stereocenters. The second kappa shape index (κ2) is 6.04. The van der Waals surface area contributed by atoms with Crippen LogP contribution >= 0.6 is 12.4 Å². The van der Waals surface area contributed by atoms with Crippen LogP contribution in [0.5, 0.6) is 0 Å². The van der Waals surface area contributed by atoms with Crippen LogP contribution in [0.1, 0.15) is 31.5 Å². The number of aromatic nitrogens is 3. The van der Waals surface area contributed by atoms with Crippen LogP contribution in [0.3, 0.4) is 0 Å². The third-order valence-electron chi connectivity index (χ3n) is 4.47. The van der Waals surface area contributed by atoms with Crippen LogP contribution in [0, 0.1) is 11.3 Å². The van der Waals surface area contributed by atoms with Crippen molar-refractivity contribution in [2.24, 2.45) is 11.3 Å². The molecule has 6 nitrogen and oxygen atoms in total. The Bertz CT molecular complexity index is 549. The lowest BCUT2D eigenvalue weighted by Crippen LogP contribution is -2.44. The highest BCUT2D eigenvalue weighted by molar-refractivity contribution is 5.94. The number of carbonyl (C=O) groups excluding carboxylic acids is 1. The van der Waals surface area contributed by atoms with Crippen molar-refractivity contribution < 1.29 is 18.0 Å². The third-order valence-corrected chi connectivity index (χ3v) is 4.47. The molecule has 3 N–H and O–H groups in total. The fraction of sp³-hybridized carbons (Fsp3) is 0.750. The highest BCUT2D eigenvalue weighted by Crippen LogP contribution is 2.44. The first-order valence-corrected chi connectivity index (χ1v) is 6.93. The number of hydrogen-bond donors (Lipinski definition) is 3. The van der Waals surface area contributed by atoms with Crippen LogP contribution in [0.4, 0.5) is 19.1 Å². The normalized spacial score (nSPS) is 27.9. The molecule has 124 valence electrons. The van der Waals surface area contributed by atoms with Crippen molar-refractivity contribution in [2.75, 3.05) is 18.4 Å². The minimum atomic E-state index is -4.60. The number of H-pyrrole nitrogens is 1. The summed E-state index contributed by atoms with van der Waals surface area (Å²) < 4.78 is 37.4. The Morgan fingerprint density at radius 2 is 2.14 bits per heavy atom. The van der Waals surface area contributed by atoms with Gasteiger partial charge in [-0.15, -0.1) is 17.5 Å². The topological polar surface area (TPSA) is 82.7 Å². The van der Waals surface area contributed by atoms with E-state index in [1.54, 1.807) is 5.10 Å². The van der Waals surface area contributed by atoms with Crippen LogP contribution in [0.15, 0.2) is 0 Å². The molecule has 1 aromatic rings. The summed E-state index contributed by atoms with van der Waals surface area (Å²) in [4.78, 5) is 15.8. The molecule has 0 spiro atoms. The van der Waals surface area contributed by atoms with Gasteiger partial charge >= 0.3 is 6.18 Å². The van der Waals surface area contributed by atoms with Crippen molar-refractivity contribution in [2.45, 2.75) is 31.9 Å². The predicted molar refractivity (Wildman–Crippen MR) is 74.5 cm³/mol. The van der Waals surface area contributed by atoms with E-state index in [9.17, 15) is 18.0 Å². The number of nitrogens with one attached hydrogen (secondary N) is 3. The van der Waals surface area contributed by atoms with Gasteiger partial charge in [0, 0.05) is 6.54 Å². The number of halogens is 4. The number of nitrogens with zero attached hydrogens (tertiary/aromatic N) is 2. The Balaban J connectivity index is 0.00000176. The number of anilines is 1. The van der Waals surface area contributed by atoms with E-state index in [-0.39, 0.29) is 30.2 Å². The molecule has 0 radical (unpaired) electrons.